The average molecular weight is 430 g/mol. The van der Waals surface area contributed by atoms with Crippen molar-refractivity contribution in [2.45, 2.75) is 0 Å². The summed E-state index contributed by atoms with van der Waals surface area (Å²) in [4.78, 5) is 0.706. The molecule has 0 aliphatic heterocycles. The first-order valence-corrected chi connectivity index (χ1v) is 10.3. The van der Waals surface area contributed by atoms with Crippen LogP contribution in [0.3, 0.4) is 0 Å². The number of ether oxygens (including phenoxy) is 2. The zero-order valence-corrected chi connectivity index (χ0v) is 17.6. The van der Waals surface area contributed by atoms with Crippen LogP contribution < -0.4 is 9.47 Å². The predicted octanol–water partition coefficient (Wildman–Crippen LogP) is 4.43. The number of rotatable bonds is 6. The van der Waals surface area contributed by atoms with Crippen molar-refractivity contribution >= 4 is 28.4 Å². The van der Waals surface area contributed by atoms with Crippen LogP contribution in [0.5, 0.6) is 11.5 Å². The molecule has 154 valence electrons. The highest BCUT2D eigenvalue weighted by atomic mass is 32.1. The molecule has 0 amide bonds. The summed E-state index contributed by atoms with van der Waals surface area (Å²) in [6, 6.07) is 17.7. The second-order valence-electron chi connectivity index (χ2n) is 6.64. The molecule has 8 nitrogen and oxygen atoms in total. The van der Waals surface area contributed by atoms with Gasteiger partial charge in [-0.05, 0) is 29.8 Å². The minimum absolute atomic E-state index is 0.617. The van der Waals surface area contributed by atoms with E-state index in [9.17, 15) is 0 Å². The molecule has 0 bridgehead atoms. The van der Waals surface area contributed by atoms with E-state index in [4.69, 9.17) is 9.47 Å². The monoisotopic (exact) mass is 430 g/mol. The molecule has 2 aromatic carbocycles. The first-order chi connectivity index (χ1) is 15.2. The quantitative estimate of drug-likeness (QED) is 0.429. The van der Waals surface area contributed by atoms with E-state index in [0.29, 0.717) is 22.3 Å². The van der Waals surface area contributed by atoms with Crippen LogP contribution in [0.25, 0.3) is 39.9 Å². The molecule has 5 rings (SSSR count). The van der Waals surface area contributed by atoms with E-state index in [-0.39, 0.29) is 0 Å². The third-order valence-electron chi connectivity index (χ3n) is 4.72. The number of fused-ring (bicyclic) bond motifs is 1. The van der Waals surface area contributed by atoms with Gasteiger partial charge in [-0.15, -0.1) is 10.2 Å². The van der Waals surface area contributed by atoms with Crippen LogP contribution >= 0.6 is 11.3 Å². The molecular weight excluding hydrogens is 412 g/mol. The summed E-state index contributed by atoms with van der Waals surface area (Å²) < 4.78 is 12.4. The number of aromatic nitrogens is 6. The number of nitrogens with one attached hydrogen (secondary N) is 1. The number of benzene rings is 2. The first kappa shape index (κ1) is 19.0. The average Bonchev–Trinajstić information content (AvgIpc) is 3.54. The smallest absolute Gasteiger partial charge is 0.235 e. The van der Waals surface area contributed by atoms with Gasteiger partial charge < -0.3 is 9.47 Å². The van der Waals surface area contributed by atoms with Crippen molar-refractivity contribution in [2.75, 3.05) is 14.2 Å². The van der Waals surface area contributed by atoms with E-state index >= 15 is 0 Å². The molecule has 0 saturated heterocycles. The van der Waals surface area contributed by atoms with E-state index < -0.39 is 0 Å². The van der Waals surface area contributed by atoms with Crippen molar-refractivity contribution in [3.8, 4) is 34.3 Å². The van der Waals surface area contributed by atoms with Crippen LogP contribution in [0.4, 0.5) is 0 Å². The van der Waals surface area contributed by atoms with E-state index in [2.05, 4.69) is 25.5 Å². The molecule has 3 heterocycles. The van der Waals surface area contributed by atoms with Gasteiger partial charge in [0.2, 0.25) is 10.8 Å². The lowest BCUT2D eigenvalue weighted by Gasteiger charge is -2.07. The number of nitrogens with zero attached hydrogens (tertiary/aromatic N) is 5. The van der Waals surface area contributed by atoms with Crippen LogP contribution in [0.15, 0.2) is 54.6 Å². The van der Waals surface area contributed by atoms with Gasteiger partial charge in [-0.2, -0.15) is 14.7 Å². The lowest BCUT2D eigenvalue weighted by atomic mass is 10.1. The molecule has 9 heteroatoms. The zero-order valence-electron chi connectivity index (χ0n) is 16.8. The fourth-order valence-corrected chi connectivity index (χ4v) is 3.93. The fraction of sp³-hybridized carbons (Fsp3) is 0.0909. The predicted molar refractivity (Wildman–Crippen MR) is 120 cm³/mol. The Hall–Kier alpha value is -3.98. The maximum atomic E-state index is 5.36. The van der Waals surface area contributed by atoms with Gasteiger partial charge in [0.15, 0.2) is 11.5 Å². The molecule has 0 aliphatic carbocycles. The Morgan fingerprint density at radius 2 is 1.77 bits per heavy atom. The second-order valence-corrected chi connectivity index (χ2v) is 7.63. The standard InChI is InChI=1S/C22H18N6O2S/c1-29-18-10-8-14(12-19(18)30-2)9-11-20-27-28-21(25-26-22(28)31-20)17-13-16(23-24-17)15-6-4-3-5-7-15/h3-13H,1-2H3,(H,23,24)/b11-9+. The van der Waals surface area contributed by atoms with Crippen LogP contribution in [0, 0.1) is 0 Å². The molecule has 0 aliphatic rings. The van der Waals surface area contributed by atoms with Crippen molar-refractivity contribution in [2.24, 2.45) is 0 Å². The first-order valence-electron chi connectivity index (χ1n) is 9.48. The molecule has 0 spiro atoms. The highest BCUT2D eigenvalue weighted by molar-refractivity contribution is 7.17. The van der Waals surface area contributed by atoms with Gasteiger partial charge in [-0.3, -0.25) is 5.10 Å². The molecule has 1 N–H and O–H groups in total. The highest BCUT2D eigenvalue weighted by Gasteiger charge is 2.15. The Balaban J connectivity index is 1.43. The van der Waals surface area contributed by atoms with E-state index in [1.165, 1.54) is 11.3 Å². The summed E-state index contributed by atoms with van der Waals surface area (Å²) in [7, 11) is 3.24. The molecule has 31 heavy (non-hydrogen) atoms. The van der Waals surface area contributed by atoms with E-state index in [1.807, 2.05) is 66.7 Å². The summed E-state index contributed by atoms with van der Waals surface area (Å²) in [5.41, 5.74) is 3.61. The van der Waals surface area contributed by atoms with Crippen molar-refractivity contribution in [3.05, 3.63) is 65.2 Å². The second kappa shape index (κ2) is 8.04. The molecule has 3 aromatic heterocycles. The van der Waals surface area contributed by atoms with Gasteiger partial charge in [0.1, 0.15) is 10.7 Å². The Bertz CT molecular complexity index is 1370. The number of hydrogen-bond donors (Lipinski definition) is 1. The Kier molecular flexibility index (Phi) is 4.93. The molecule has 0 atom stereocenters. The lowest BCUT2D eigenvalue weighted by Crippen LogP contribution is -1.91. The number of hydrogen-bond acceptors (Lipinski definition) is 7. The minimum Gasteiger partial charge on any atom is -0.493 e. The molecule has 5 aromatic rings. The Morgan fingerprint density at radius 3 is 2.58 bits per heavy atom. The summed E-state index contributed by atoms with van der Waals surface area (Å²) in [5.74, 6) is 1.99. The zero-order chi connectivity index (χ0) is 21.2. The highest BCUT2D eigenvalue weighted by Crippen LogP contribution is 2.29. The van der Waals surface area contributed by atoms with Crippen LogP contribution in [-0.2, 0) is 0 Å². The van der Waals surface area contributed by atoms with Crippen molar-refractivity contribution in [1.82, 2.24) is 30.0 Å². The van der Waals surface area contributed by atoms with Crippen LogP contribution in [0.1, 0.15) is 10.6 Å². The molecule has 0 saturated carbocycles. The molecule has 0 unspecified atom stereocenters. The lowest BCUT2D eigenvalue weighted by molar-refractivity contribution is 0.355. The van der Waals surface area contributed by atoms with Crippen LogP contribution in [0.2, 0.25) is 0 Å². The molecule has 0 fully saturated rings. The van der Waals surface area contributed by atoms with Gasteiger partial charge in [0.05, 0.1) is 19.9 Å². The molecule has 0 radical (unpaired) electrons. The van der Waals surface area contributed by atoms with Gasteiger partial charge in [-0.1, -0.05) is 53.8 Å². The van der Waals surface area contributed by atoms with E-state index in [1.54, 1.807) is 18.7 Å². The number of methoxy groups -OCH3 is 2. The summed E-state index contributed by atoms with van der Waals surface area (Å²) >= 11 is 1.45. The van der Waals surface area contributed by atoms with Crippen molar-refractivity contribution in [1.29, 1.82) is 0 Å². The number of H-pyrrole nitrogens is 1. The minimum atomic E-state index is 0.617. The number of aromatic amines is 1. The summed E-state index contributed by atoms with van der Waals surface area (Å²) in [5, 5.41) is 21.4. The van der Waals surface area contributed by atoms with E-state index in [0.717, 1.165) is 27.5 Å². The van der Waals surface area contributed by atoms with Gasteiger partial charge >= 0.3 is 0 Å². The third kappa shape index (κ3) is 3.66. The Labute approximate surface area is 181 Å². The van der Waals surface area contributed by atoms with Gasteiger partial charge in [0, 0.05) is 5.56 Å². The maximum Gasteiger partial charge on any atom is 0.235 e. The van der Waals surface area contributed by atoms with Crippen molar-refractivity contribution < 1.29 is 9.47 Å². The summed E-state index contributed by atoms with van der Waals surface area (Å²) in [6.45, 7) is 0. The maximum absolute atomic E-state index is 5.36. The van der Waals surface area contributed by atoms with Crippen LogP contribution in [-0.4, -0.2) is 44.2 Å². The topological polar surface area (TPSA) is 90.2 Å². The third-order valence-corrected chi connectivity index (χ3v) is 5.58. The molecular formula is C22H18N6O2S. The largest absolute Gasteiger partial charge is 0.493 e. The fourth-order valence-electron chi connectivity index (χ4n) is 3.18. The normalized spacial score (nSPS) is 11.4. The summed E-state index contributed by atoms with van der Waals surface area (Å²) in [6.07, 6.45) is 3.91. The SMILES string of the molecule is COc1ccc(/C=C/c2nn3c(-c4cc(-c5ccccc5)n[nH]4)nnc3s2)cc1OC. The van der Waals surface area contributed by atoms with Gasteiger partial charge in [0.25, 0.3) is 0 Å². The van der Waals surface area contributed by atoms with Crippen molar-refractivity contribution in [3.63, 3.8) is 0 Å². The van der Waals surface area contributed by atoms with Gasteiger partial charge in [-0.25, -0.2) is 0 Å². The Morgan fingerprint density at radius 1 is 0.935 bits per heavy atom.